The Balaban J connectivity index is 1.90. The molecule has 0 atom stereocenters. The van der Waals surface area contributed by atoms with Crippen molar-refractivity contribution in [3.8, 4) is 5.75 Å². The molecule has 1 aliphatic heterocycles. The molecule has 1 fully saturated rings. The number of anilines is 1. The molecular weight excluding hydrogens is 348 g/mol. The lowest BCUT2D eigenvalue weighted by Crippen LogP contribution is -2.32. The van der Waals surface area contributed by atoms with E-state index in [1.165, 1.54) is 16.9 Å². The highest BCUT2D eigenvalue weighted by Crippen LogP contribution is 2.31. The summed E-state index contributed by atoms with van der Waals surface area (Å²) in [6.45, 7) is 0.241. The fourth-order valence-corrected chi connectivity index (χ4v) is 3.02. The van der Waals surface area contributed by atoms with Gasteiger partial charge in [-0.2, -0.15) is 0 Å². The van der Waals surface area contributed by atoms with E-state index in [1.54, 1.807) is 18.2 Å². The Labute approximate surface area is 149 Å². The predicted molar refractivity (Wildman–Crippen MR) is 95.1 cm³/mol. The minimum atomic E-state index is -0.697. The van der Waals surface area contributed by atoms with E-state index in [4.69, 9.17) is 28.6 Å². The number of benzene rings is 2. The number of methoxy groups -OCH3 is 1. The van der Waals surface area contributed by atoms with Crippen LogP contribution in [0.5, 0.6) is 5.75 Å². The minimum Gasteiger partial charge on any atom is -0.495 e. The maximum absolute atomic E-state index is 12.4. The number of ether oxygens (including phenoxy) is 1. The van der Waals surface area contributed by atoms with Crippen LogP contribution in [-0.4, -0.2) is 28.9 Å². The molecule has 0 spiro atoms. The van der Waals surface area contributed by atoms with Crippen LogP contribution >= 0.6 is 23.8 Å². The van der Waals surface area contributed by atoms with Crippen LogP contribution in [0.1, 0.15) is 5.56 Å². The van der Waals surface area contributed by atoms with Crippen LogP contribution in [0.15, 0.2) is 48.5 Å². The summed E-state index contributed by atoms with van der Waals surface area (Å²) in [5.41, 5.74) is 1.32. The summed E-state index contributed by atoms with van der Waals surface area (Å²) in [5.74, 6) is -0.876. The van der Waals surface area contributed by atoms with Crippen molar-refractivity contribution in [2.75, 3.05) is 12.0 Å². The predicted octanol–water partition coefficient (Wildman–Crippen LogP) is 3.01. The minimum absolute atomic E-state index is 0.134. The maximum Gasteiger partial charge on any atom is 0.323 e. The van der Waals surface area contributed by atoms with E-state index in [0.717, 1.165) is 5.56 Å². The summed E-state index contributed by atoms with van der Waals surface area (Å²) in [6, 6.07) is 14.1. The summed E-state index contributed by atoms with van der Waals surface area (Å²) in [4.78, 5) is 27.1. The van der Waals surface area contributed by atoms with E-state index < -0.39 is 11.8 Å². The SMILES string of the molecule is COc1ccc(N2C(=O)C(=O)N(Cc3ccccc3)C2=S)cc1Cl. The first-order valence-corrected chi connectivity index (χ1v) is 7.89. The van der Waals surface area contributed by atoms with Gasteiger partial charge >= 0.3 is 11.8 Å². The Hall–Kier alpha value is -2.44. The quantitative estimate of drug-likeness (QED) is 0.621. The normalized spacial score (nSPS) is 14.5. The van der Waals surface area contributed by atoms with E-state index >= 15 is 0 Å². The molecule has 0 saturated carbocycles. The van der Waals surface area contributed by atoms with E-state index in [2.05, 4.69) is 0 Å². The highest BCUT2D eigenvalue weighted by atomic mass is 35.5. The molecule has 1 saturated heterocycles. The molecule has 24 heavy (non-hydrogen) atoms. The number of hydrogen-bond acceptors (Lipinski definition) is 4. The first kappa shape index (κ1) is 16.4. The van der Waals surface area contributed by atoms with Gasteiger partial charge in [0.05, 0.1) is 24.4 Å². The number of nitrogens with zero attached hydrogens (tertiary/aromatic N) is 2. The lowest BCUT2D eigenvalue weighted by molar-refractivity contribution is -0.139. The van der Waals surface area contributed by atoms with Crippen LogP contribution in [0.25, 0.3) is 0 Å². The molecule has 122 valence electrons. The van der Waals surface area contributed by atoms with Crippen LogP contribution in [0.2, 0.25) is 5.02 Å². The fourth-order valence-electron chi connectivity index (χ4n) is 2.43. The number of hydrogen-bond donors (Lipinski definition) is 0. The highest BCUT2D eigenvalue weighted by molar-refractivity contribution is 7.80. The highest BCUT2D eigenvalue weighted by Gasteiger charge is 2.42. The number of rotatable bonds is 4. The first-order chi connectivity index (χ1) is 11.5. The number of amides is 2. The Kier molecular flexibility index (Phi) is 4.51. The number of carbonyl (C=O) groups is 2. The van der Waals surface area contributed by atoms with Gasteiger partial charge in [-0.3, -0.25) is 14.5 Å². The number of carbonyl (C=O) groups excluding carboxylic acids is 2. The summed E-state index contributed by atoms with van der Waals surface area (Å²) in [7, 11) is 1.50. The Morgan fingerprint density at radius 3 is 2.42 bits per heavy atom. The van der Waals surface area contributed by atoms with Crippen molar-refractivity contribution in [2.24, 2.45) is 0 Å². The average molecular weight is 361 g/mol. The second-order valence-electron chi connectivity index (χ2n) is 5.12. The van der Waals surface area contributed by atoms with Crippen molar-refractivity contribution in [2.45, 2.75) is 6.54 Å². The van der Waals surface area contributed by atoms with Gasteiger partial charge in [0, 0.05) is 0 Å². The van der Waals surface area contributed by atoms with Crippen LogP contribution in [0.4, 0.5) is 5.69 Å². The third-order valence-corrected chi connectivity index (χ3v) is 4.33. The van der Waals surface area contributed by atoms with Gasteiger partial charge in [0.2, 0.25) is 0 Å². The monoisotopic (exact) mass is 360 g/mol. The second-order valence-corrected chi connectivity index (χ2v) is 5.89. The van der Waals surface area contributed by atoms with E-state index in [0.29, 0.717) is 16.5 Å². The third-order valence-electron chi connectivity index (χ3n) is 3.63. The Morgan fingerprint density at radius 2 is 1.79 bits per heavy atom. The van der Waals surface area contributed by atoms with Crippen molar-refractivity contribution in [3.63, 3.8) is 0 Å². The van der Waals surface area contributed by atoms with Crippen molar-refractivity contribution in [1.82, 2.24) is 4.90 Å². The number of halogens is 1. The lowest BCUT2D eigenvalue weighted by atomic mass is 10.2. The molecule has 5 nitrogen and oxygen atoms in total. The van der Waals surface area contributed by atoms with E-state index in [-0.39, 0.29) is 11.7 Å². The first-order valence-electron chi connectivity index (χ1n) is 7.10. The van der Waals surface area contributed by atoms with Crippen molar-refractivity contribution >= 4 is 46.4 Å². The van der Waals surface area contributed by atoms with Crippen molar-refractivity contribution in [1.29, 1.82) is 0 Å². The fraction of sp³-hybridized carbons (Fsp3) is 0.118. The molecule has 3 rings (SSSR count). The molecule has 7 heteroatoms. The summed E-state index contributed by atoms with van der Waals surface area (Å²) in [5, 5.41) is 0.467. The van der Waals surface area contributed by atoms with Gasteiger partial charge in [-0.05, 0) is 36.0 Å². The molecule has 0 bridgehead atoms. The molecule has 0 radical (unpaired) electrons. The molecule has 2 amide bonds. The zero-order valence-corrected chi connectivity index (χ0v) is 14.3. The zero-order chi connectivity index (χ0) is 17.3. The van der Waals surface area contributed by atoms with Crippen LogP contribution in [-0.2, 0) is 16.1 Å². The summed E-state index contributed by atoms with van der Waals surface area (Å²) < 4.78 is 5.09. The van der Waals surface area contributed by atoms with Crippen LogP contribution in [0, 0.1) is 0 Å². The average Bonchev–Trinajstić information content (AvgIpc) is 2.79. The molecule has 0 aliphatic carbocycles. The molecule has 1 aliphatic rings. The summed E-state index contributed by atoms with van der Waals surface area (Å²) >= 11 is 11.4. The molecule has 1 heterocycles. The van der Waals surface area contributed by atoms with Crippen LogP contribution in [0.3, 0.4) is 0 Å². The Bertz CT molecular complexity index is 826. The standard InChI is InChI=1S/C17H13ClN2O3S/c1-23-14-8-7-12(9-13(14)18)20-16(22)15(21)19(17(20)24)10-11-5-3-2-4-6-11/h2-9H,10H2,1H3. The van der Waals surface area contributed by atoms with Gasteiger partial charge in [0.25, 0.3) is 0 Å². The zero-order valence-electron chi connectivity index (χ0n) is 12.7. The molecule has 0 aromatic heterocycles. The molecule has 0 unspecified atom stereocenters. The van der Waals surface area contributed by atoms with Crippen molar-refractivity contribution < 1.29 is 14.3 Å². The largest absolute Gasteiger partial charge is 0.495 e. The van der Waals surface area contributed by atoms with Gasteiger partial charge in [-0.15, -0.1) is 0 Å². The third kappa shape index (κ3) is 2.86. The smallest absolute Gasteiger partial charge is 0.323 e. The van der Waals surface area contributed by atoms with Crippen molar-refractivity contribution in [3.05, 3.63) is 59.1 Å². The summed E-state index contributed by atoms with van der Waals surface area (Å²) in [6.07, 6.45) is 0. The van der Waals surface area contributed by atoms with Gasteiger partial charge in [-0.1, -0.05) is 41.9 Å². The lowest BCUT2D eigenvalue weighted by Gasteiger charge is -2.19. The van der Waals surface area contributed by atoms with E-state index in [1.807, 2.05) is 30.3 Å². The molecule has 2 aromatic rings. The van der Waals surface area contributed by atoms with Gasteiger partial charge in [-0.25, -0.2) is 4.90 Å². The van der Waals surface area contributed by atoms with Gasteiger partial charge < -0.3 is 4.74 Å². The van der Waals surface area contributed by atoms with Gasteiger partial charge in [0.1, 0.15) is 5.75 Å². The second kappa shape index (κ2) is 6.59. The molecule has 2 aromatic carbocycles. The molecular formula is C17H13ClN2O3S. The van der Waals surface area contributed by atoms with Crippen LogP contribution < -0.4 is 9.64 Å². The molecule has 0 N–H and O–H groups in total. The van der Waals surface area contributed by atoms with Gasteiger partial charge in [0.15, 0.2) is 5.11 Å². The topological polar surface area (TPSA) is 49.9 Å². The van der Waals surface area contributed by atoms with E-state index in [9.17, 15) is 9.59 Å². The number of thiocarbonyl (C=S) groups is 1. The Morgan fingerprint density at radius 1 is 1.08 bits per heavy atom. The maximum atomic E-state index is 12.4.